The number of fused-ring (bicyclic) bond motifs is 2. The van der Waals surface area contributed by atoms with Gasteiger partial charge in [0.2, 0.25) is 5.91 Å². The fourth-order valence-electron chi connectivity index (χ4n) is 8.75. The van der Waals surface area contributed by atoms with Crippen LogP contribution in [0.2, 0.25) is 0 Å². The molecule has 5 aromatic rings. The number of carbonyl (C=O) groups is 2. The van der Waals surface area contributed by atoms with E-state index in [1.807, 2.05) is 52.1 Å². The SMILES string of the molecule is O=C1CCC(N2CCOc3c(C4CCC(N5CCN(c6ccc(-n7ccc8nnc(-c9cc(F)ccc9O)cc87)cc6)C(=O)C5)CC4)cccc32)C(O)=[NH+]1. The Bertz CT molecular complexity index is 2280. The number of carbonyl (C=O) groups excluding carboxylic acids is 2. The molecule has 1 aliphatic carbocycles. The highest BCUT2D eigenvalue weighted by Crippen LogP contribution is 2.45. The van der Waals surface area contributed by atoms with Crippen LogP contribution in [0, 0.1) is 5.82 Å². The van der Waals surface area contributed by atoms with Gasteiger partial charge in [-0.05, 0) is 104 Å². The molecule has 13 heteroatoms. The van der Waals surface area contributed by atoms with E-state index in [4.69, 9.17) is 4.74 Å². The van der Waals surface area contributed by atoms with Crippen LogP contribution in [0.25, 0.3) is 28.0 Å². The van der Waals surface area contributed by atoms with Crippen molar-refractivity contribution in [1.29, 1.82) is 0 Å². The van der Waals surface area contributed by atoms with Crippen molar-refractivity contribution in [3.05, 3.63) is 90.4 Å². The topological polar surface area (TPSA) is 138 Å². The zero-order chi connectivity index (χ0) is 36.9. The smallest absolute Gasteiger partial charge is 0.388 e. The van der Waals surface area contributed by atoms with Crippen molar-refractivity contribution in [2.24, 2.45) is 0 Å². The lowest BCUT2D eigenvalue weighted by Crippen LogP contribution is -2.82. The number of rotatable bonds is 6. The van der Waals surface area contributed by atoms with Crippen LogP contribution in [-0.4, -0.2) is 92.5 Å². The monoisotopic (exact) mass is 730 g/mol. The average Bonchev–Trinajstić information content (AvgIpc) is 3.62. The summed E-state index contributed by atoms with van der Waals surface area (Å²) in [7, 11) is 0. The van der Waals surface area contributed by atoms with Crippen molar-refractivity contribution in [2.45, 2.75) is 56.5 Å². The third-order valence-electron chi connectivity index (χ3n) is 11.5. The predicted molar refractivity (Wildman–Crippen MR) is 201 cm³/mol. The first-order valence-electron chi connectivity index (χ1n) is 18.7. The maximum absolute atomic E-state index is 13.9. The van der Waals surface area contributed by atoms with Crippen LogP contribution in [0.4, 0.5) is 15.8 Å². The Morgan fingerprint density at radius 2 is 1.67 bits per heavy atom. The second-order valence-electron chi connectivity index (χ2n) is 14.6. The first kappa shape index (κ1) is 34.0. The predicted octanol–water partition coefficient (Wildman–Crippen LogP) is 4.23. The Kier molecular flexibility index (Phi) is 8.73. The molecule has 5 heterocycles. The summed E-state index contributed by atoms with van der Waals surface area (Å²) in [5, 5.41) is 29.4. The molecule has 12 nitrogen and oxygen atoms in total. The van der Waals surface area contributed by atoms with Gasteiger partial charge in [-0.1, -0.05) is 12.1 Å². The van der Waals surface area contributed by atoms with Crippen LogP contribution in [-0.2, 0) is 9.59 Å². The number of piperazine rings is 1. The maximum atomic E-state index is 13.9. The van der Waals surface area contributed by atoms with Crippen LogP contribution in [0.1, 0.15) is 50.0 Å². The summed E-state index contributed by atoms with van der Waals surface area (Å²) >= 11 is 0. The van der Waals surface area contributed by atoms with E-state index in [1.165, 1.54) is 23.8 Å². The number of hydrogen-bond acceptors (Lipinski definition) is 8. The lowest BCUT2D eigenvalue weighted by Gasteiger charge is -2.42. The zero-order valence-electron chi connectivity index (χ0n) is 29.7. The molecule has 2 amide bonds. The number of aromatic hydroxyl groups is 1. The van der Waals surface area contributed by atoms with Gasteiger partial charge in [-0.3, -0.25) is 9.69 Å². The molecular formula is C41H41FN7O5+. The largest absolute Gasteiger partial charge is 0.507 e. The first-order chi connectivity index (χ1) is 26.3. The highest BCUT2D eigenvalue weighted by atomic mass is 19.1. The van der Waals surface area contributed by atoms with Gasteiger partial charge in [0.15, 0.2) is 6.04 Å². The molecule has 3 N–H and O–H groups in total. The number of phenolic OH excluding ortho intramolecular Hbond substituents is 1. The number of amides is 2. The van der Waals surface area contributed by atoms with Gasteiger partial charge in [-0.25, -0.2) is 9.18 Å². The molecule has 1 unspecified atom stereocenters. The molecule has 1 saturated heterocycles. The molecule has 2 aromatic heterocycles. The van der Waals surface area contributed by atoms with Gasteiger partial charge in [-0.15, -0.1) is 15.2 Å². The Hall–Kier alpha value is -5.82. The fourth-order valence-corrected chi connectivity index (χ4v) is 8.75. The van der Waals surface area contributed by atoms with Gasteiger partial charge < -0.3 is 29.3 Å². The van der Waals surface area contributed by atoms with Crippen molar-refractivity contribution < 1.29 is 33.9 Å². The van der Waals surface area contributed by atoms with Gasteiger partial charge in [0.25, 0.3) is 0 Å². The minimum absolute atomic E-state index is 0.0134. The number of halogens is 1. The summed E-state index contributed by atoms with van der Waals surface area (Å²) in [5.41, 5.74) is 5.93. The number of ether oxygens (including phenoxy) is 1. The average molecular weight is 731 g/mol. The number of nitrogens with zero attached hydrogens (tertiary/aromatic N) is 6. The molecule has 3 aliphatic heterocycles. The summed E-state index contributed by atoms with van der Waals surface area (Å²) in [6, 6.07) is 21.6. The highest BCUT2D eigenvalue weighted by Gasteiger charge is 2.39. The zero-order valence-corrected chi connectivity index (χ0v) is 29.7. The Labute approximate surface area is 311 Å². The Balaban J connectivity index is 0.840. The minimum Gasteiger partial charge on any atom is -0.507 e. The summed E-state index contributed by atoms with van der Waals surface area (Å²) in [5.74, 6) is 0.635. The second kappa shape index (κ2) is 13.9. The molecule has 54 heavy (non-hydrogen) atoms. The summed E-state index contributed by atoms with van der Waals surface area (Å²) in [6.45, 7) is 2.96. The van der Waals surface area contributed by atoms with E-state index in [1.54, 1.807) is 6.07 Å². The van der Waals surface area contributed by atoms with Crippen molar-refractivity contribution in [2.75, 3.05) is 42.6 Å². The van der Waals surface area contributed by atoms with E-state index in [0.717, 1.165) is 60.6 Å². The number of para-hydroxylation sites is 1. The van der Waals surface area contributed by atoms with Gasteiger partial charge in [0.05, 0.1) is 36.4 Å². The fraction of sp³-hybridized carbons (Fsp3) is 0.341. The number of aliphatic hydroxyl groups excluding tert-OH is 1. The van der Waals surface area contributed by atoms with Gasteiger partial charge in [0, 0.05) is 42.3 Å². The first-order valence-corrected chi connectivity index (χ1v) is 18.7. The molecule has 2 fully saturated rings. The Morgan fingerprint density at radius 1 is 0.852 bits per heavy atom. The van der Waals surface area contributed by atoms with E-state index in [0.29, 0.717) is 62.3 Å². The number of anilines is 2. The summed E-state index contributed by atoms with van der Waals surface area (Å²) < 4.78 is 22.2. The standard InChI is InChI=1S/C41H40FN7O5/c42-26-6-14-37(50)31(22-26)33-23-36-32(44-45-33)16-17-47(36)28-9-11-29(12-10-28)48-19-18-46(24-39(48)52)27-7-4-25(5-8-27)30-2-1-3-34-40(30)54-21-20-49(34)35-13-15-38(51)43-41(35)53/h1-3,6,9-12,14,16-17,22-23,25,27,35,50H,4-5,7-8,13,15,18-21,24H2,(H,43,51,53)/p+1. The van der Waals surface area contributed by atoms with Gasteiger partial charge in [-0.2, -0.15) is 0 Å². The van der Waals surface area contributed by atoms with Crippen LogP contribution >= 0.6 is 0 Å². The molecule has 1 atom stereocenters. The van der Waals surface area contributed by atoms with Crippen molar-refractivity contribution in [1.82, 2.24) is 19.7 Å². The van der Waals surface area contributed by atoms with Crippen molar-refractivity contribution in [3.8, 4) is 28.4 Å². The van der Waals surface area contributed by atoms with Crippen LogP contribution in [0.5, 0.6) is 11.5 Å². The normalized spacial score (nSPS) is 22.2. The Morgan fingerprint density at radius 3 is 2.46 bits per heavy atom. The van der Waals surface area contributed by atoms with Crippen molar-refractivity contribution >= 4 is 40.1 Å². The maximum Gasteiger partial charge on any atom is 0.388 e. The van der Waals surface area contributed by atoms with E-state index in [9.17, 15) is 24.2 Å². The van der Waals surface area contributed by atoms with Gasteiger partial charge in [0.1, 0.15) is 29.4 Å². The summed E-state index contributed by atoms with van der Waals surface area (Å²) in [6.07, 6.45) is 6.84. The number of phenols is 1. The number of benzene rings is 3. The highest BCUT2D eigenvalue weighted by molar-refractivity contribution is 5.95. The molecule has 3 aromatic carbocycles. The van der Waals surface area contributed by atoms with Crippen LogP contribution < -0.4 is 19.5 Å². The van der Waals surface area contributed by atoms with Crippen LogP contribution in [0.15, 0.2) is 79.0 Å². The quantitative estimate of drug-likeness (QED) is 0.235. The third-order valence-corrected chi connectivity index (χ3v) is 11.5. The number of nitrogens with one attached hydrogen (secondary N) is 1. The molecule has 276 valence electrons. The van der Waals surface area contributed by atoms with Gasteiger partial charge >= 0.3 is 11.8 Å². The molecule has 0 radical (unpaired) electrons. The minimum atomic E-state index is -0.473. The molecular weight excluding hydrogens is 689 g/mol. The van der Waals surface area contributed by atoms with E-state index in [-0.39, 0.29) is 35.1 Å². The lowest BCUT2D eigenvalue weighted by molar-refractivity contribution is -0.393. The van der Waals surface area contributed by atoms with Crippen LogP contribution in [0.3, 0.4) is 0 Å². The third kappa shape index (κ3) is 6.21. The number of hydrogen-bond donors (Lipinski definition) is 3. The summed E-state index contributed by atoms with van der Waals surface area (Å²) in [4.78, 5) is 34.4. The van der Waals surface area contributed by atoms with E-state index >= 15 is 0 Å². The molecule has 4 aliphatic rings. The molecule has 9 rings (SSSR count). The van der Waals surface area contributed by atoms with E-state index in [2.05, 4.69) is 37.1 Å². The molecule has 1 saturated carbocycles. The molecule has 0 spiro atoms. The second-order valence-corrected chi connectivity index (χ2v) is 14.6. The molecule has 0 bridgehead atoms. The lowest BCUT2D eigenvalue weighted by atomic mass is 9.80. The number of aromatic nitrogens is 3. The number of aliphatic hydroxyl groups is 1. The van der Waals surface area contributed by atoms with E-state index < -0.39 is 5.82 Å². The van der Waals surface area contributed by atoms with Crippen molar-refractivity contribution in [3.63, 3.8) is 0 Å².